The monoisotopic (exact) mass is 340 g/mol. The van der Waals surface area contributed by atoms with Gasteiger partial charge in [0.05, 0.1) is 4.92 Å². The molecular formula is C18H20N4O3. The number of carbonyl (C=O) groups is 1. The van der Waals surface area contributed by atoms with Gasteiger partial charge in [-0.15, -0.1) is 0 Å². The van der Waals surface area contributed by atoms with E-state index in [1.54, 1.807) is 24.3 Å². The summed E-state index contributed by atoms with van der Waals surface area (Å²) in [4.78, 5) is 26.9. The Balaban J connectivity index is 1.64. The smallest absolute Gasteiger partial charge is 0.269 e. The molecule has 1 amide bonds. The van der Waals surface area contributed by atoms with Gasteiger partial charge in [0, 0.05) is 55.2 Å². The van der Waals surface area contributed by atoms with Crippen molar-refractivity contribution in [3.05, 3.63) is 63.7 Å². The van der Waals surface area contributed by atoms with Crippen molar-refractivity contribution < 1.29 is 9.72 Å². The zero-order valence-corrected chi connectivity index (χ0v) is 14.0. The minimum Gasteiger partial charge on any atom is -0.398 e. The highest BCUT2D eigenvalue weighted by molar-refractivity contribution is 5.95. The molecule has 7 nitrogen and oxygen atoms in total. The number of nitrogens with zero attached hydrogens (tertiary/aromatic N) is 3. The Morgan fingerprint density at radius 2 is 1.72 bits per heavy atom. The van der Waals surface area contributed by atoms with Crippen molar-refractivity contribution in [3.63, 3.8) is 0 Å². The molecule has 1 heterocycles. The van der Waals surface area contributed by atoms with Crippen LogP contribution in [-0.4, -0.2) is 41.9 Å². The molecule has 1 saturated heterocycles. The summed E-state index contributed by atoms with van der Waals surface area (Å²) in [6, 6.07) is 11.9. The van der Waals surface area contributed by atoms with E-state index in [1.807, 2.05) is 17.9 Å². The van der Waals surface area contributed by atoms with Gasteiger partial charge in [-0.25, -0.2) is 0 Å². The van der Waals surface area contributed by atoms with Crippen molar-refractivity contribution in [1.82, 2.24) is 4.90 Å². The number of rotatable bonds is 3. The minimum absolute atomic E-state index is 0.0185. The fraction of sp³-hybridized carbons (Fsp3) is 0.278. The first-order chi connectivity index (χ1) is 12.0. The molecule has 0 spiro atoms. The lowest BCUT2D eigenvalue weighted by Crippen LogP contribution is -2.48. The number of benzene rings is 2. The maximum atomic E-state index is 12.6. The van der Waals surface area contributed by atoms with Crippen LogP contribution in [0, 0.1) is 17.0 Å². The Labute approximate surface area is 145 Å². The van der Waals surface area contributed by atoms with Crippen LogP contribution in [0.3, 0.4) is 0 Å². The molecule has 3 rings (SSSR count). The molecule has 1 aliphatic heterocycles. The fourth-order valence-electron chi connectivity index (χ4n) is 2.91. The van der Waals surface area contributed by atoms with E-state index < -0.39 is 4.92 Å². The van der Waals surface area contributed by atoms with Gasteiger partial charge in [0.25, 0.3) is 11.6 Å². The molecule has 0 unspecified atom stereocenters. The van der Waals surface area contributed by atoms with E-state index in [0.29, 0.717) is 37.4 Å². The van der Waals surface area contributed by atoms with E-state index >= 15 is 0 Å². The number of hydrogen-bond acceptors (Lipinski definition) is 5. The molecule has 0 bridgehead atoms. The van der Waals surface area contributed by atoms with Crippen molar-refractivity contribution in [3.8, 4) is 0 Å². The summed E-state index contributed by atoms with van der Waals surface area (Å²) in [6.07, 6.45) is 0. The van der Waals surface area contributed by atoms with Gasteiger partial charge in [0.1, 0.15) is 0 Å². The Morgan fingerprint density at radius 1 is 1.08 bits per heavy atom. The van der Waals surface area contributed by atoms with Crippen LogP contribution in [0.25, 0.3) is 0 Å². The molecule has 130 valence electrons. The minimum atomic E-state index is -0.409. The molecule has 1 aliphatic rings. The van der Waals surface area contributed by atoms with Gasteiger partial charge in [-0.3, -0.25) is 14.9 Å². The predicted octanol–water partition coefficient (Wildman–Crippen LogP) is 2.45. The van der Waals surface area contributed by atoms with E-state index in [4.69, 9.17) is 5.73 Å². The molecule has 1 fully saturated rings. The molecule has 7 heteroatoms. The van der Waals surface area contributed by atoms with E-state index in [2.05, 4.69) is 4.90 Å². The van der Waals surface area contributed by atoms with Gasteiger partial charge in [-0.1, -0.05) is 6.07 Å². The van der Waals surface area contributed by atoms with Gasteiger partial charge in [0.15, 0.2) is 0 Å². The van der Waals surface area contributed by atoms with E-state index in [-0.39, 0.29) is 11.6 Å². The lowest BCUT2D eigenvalue weighted by atomic mass is 10.1. The van der Waals surface area contributed by atoms with Crippen LogP contribution in [0.15, 0.2) is 42.5 Å². The normalized spacial score (nSPS) is 14.4. The third-order valence-electron chi connectivity index (χ3n) is 4.52. The predicted molar refractivity (Wildman–Crippen MR) is 96.8 cm³/mol. The highest BCUT2D eigenvalue weighted by Crippen LogP contribution is 2.21. The summed E-state index contributed by atoms with van der Waals surface area (Å²) in [6.45, 7) is 4.48. The zero-order chi connectivity index (χ0) is 18.0. The highest BCUT2D eigenvalue weighted by atomic mass is 16.6. The van der Waals surface area contributed by atoms with Crippen molar-refractivity contribution in [2.24, 2.45) is 0 Å². The first-order valence-electron chi connectivity index (χ1n) is 8.10. The second-order valence-corrected chi connectivity index (χ2v) is 6.12. The van der Waals surface area contributed by atoms with Crippen LogP contribution in [0.5, 0.6) is 0 Å². The highest BCUT2D eigenvalue weighted by Gasteiger charge is 2.23. The second-order valence-electron chi connectivity index (χ2n) is 6.12. The summed E-state index contributed by atoms with van der Waals surface area (Å²) >= 11 is 0. The number of anilines is 2. The summed E-state index contributed by atoms with van der Waals surface area (Å²) < 4.78 is 0. The van der Waals surface area contributed by atoms with Gasteiger partial charge in [0.2, 0.25) is 0 Å². The molecule has 0 aliphatic carbocycles. The number of nitrogens with two attached hydrogens (primary N) is 1. The van der Waals surface area contributed by atoms with Crippen LogP contribution in [-0.2, 0) is 0 Å². The number of aryl methyl sites for hydroxylation is 1. The SMILES string of the molecule is Cc1ccc(C(=O)N2CCN(c3ccc([N+](=O)[O-])cc3)CC2)cc1N. The van der Waals surface area contributed by atoms with E-state index in [1.165, 1.54) is 12.1 Å². The molecule has 25 heavy (non-hydrogen) atoms. The van der Waals surface area contributed by atoms with Crippen LogP contribution < -0.4 is 10.6 Å². The molecule has 2 aromatic carbocycles. The number of amides is 1. The Hall–Kier alpha value is -3.09. The standard InChI is InChI=1S/C18H20N4O3/c1-13-2-3-14(12-17(13)19)18(23)21-10-8-20(9-11-21)15-4-6-16(7-5-15)22(24)25/h2-7,12H,8-11,19H2,1H3. The third-order valence-corrected chi connectivity index (χ3v) is 4.52. The maximum Gasteiger partial charge on any atom is 0.269 e. The molecule has 2 N–H and O–H groups in total. The number of non-ortho nitro benzene ring substituents is 1. The average Bonchev–Trinajstić information content (AvgIpc) is 2.63. The van der Waals surface area contributed by atoms with Gasteiger partial charge in [-0.05, 0) is 36.8 Å². The largest absolute Gasteiger partial charge is 0.398 e. The van der Waals surface area contributed by atoms with Gasteiger partial charge >= 0.3 is 0 Å². The molecular weight excluding hydrogens is 320 g/mol. The number of nitro benzene ring substituents is 1. The first kappa shape index (κ1) is 16.8. The van der Waals surface area contributed by atoms with Crippen LogP contribution in [0.1, 0.15) is 15.9 Å². The van der Waals surface area contributed by atoms with Crippen LogP contribution in [0.4, 0.5) is 17.1 Å². The summed E-state index contributed by atoms with van der Waals surface area (Å²) in [7, 11) is 0. The number of nitro groups is 1. The molecule has 0 radical (unpaired) electrons. The molecule has 0 atom stereocenters. The van der Waals surface area contributed by atoms with Gasteiger partial charge in [-0.2, -0.15) is 0 Å². The maximum absolute atomic E-state index is 12.6. The van der Waals surface area contributed by atoms with E-state index in [9.17, 15) is 14.9 Å². The van der Waals surface area contributed by atoms with Crippen LogP contribution in [0.2, 0.25) is 0 Å². The van der Waals surface area contributed by atoms with Crippen molar-refractivity contribution in [2.45, 2.75) is 6.92 Å². The van der Waals surface area contributed by atoms with Crippen molar-refractivity contribution in [2.75, 3.05) is 36.8 Å². The number of hydrogen-bond donors (Lipinski definition) is 1. The number of nitrogen functional groups attached to an aromatic ring is 1. The lowest BCUT2D eigenvalue weighted by molar-refractivity contribution is -0.384. The molecule has 0 aromatic heterocycles. The van der Waals surface area contributed by atoms with E-state index in [0.717, 1.165) is 11.3 Å². The fourth-order valence-corrected chi connectivity index (χ4v) is 2.91. The summed E-state index contributed by atoms with van der Waals surface area (Å²) in [5.74, 6) is -0.0185. The van der Waals surface area contributed by atoms with Crippen molar-refractivity contribution in [1.29, 1.82) is 0 Å². The Morgan fingerprint density at radius 3 is 2.28 bits per heavy atom. The third kappa shape index (κ3) is 3.55. The quantitative estimate of drug-likeness (QED) is 0.526. The topological polar surface area (TPSA) is 92.7 Å². The lowest BCUT2D eigenvalue weighted by Gasteiger charge is -2.36. The Kier molecular flexibility index (Phi) is 4.56. The van der Waals surface area contributed by atoms with Gasteiger partial charge < -0.3 is 15.5 Å². The molecule has 2 aromatic rings. The van der Waals surface area contributed by atoms with Crippen LogP contribution >= 0.6 is 0 Å². The summed E-state index contributed by atoms with van der Waals surface area (Å²) in [5.41, 5.74) is 9.08. The second kappa shape index (κ2) is 6.80. The molecule has 0 saturated carbocycles. The first-order valence-corrected chi connectivity index (χ1v) is 8.10. The average molecular weight is 340 g/mol. The summed E-state index contributed by atoms with van der Waals surface area (Å²) in [5, 5.41) is 10.7. The van der Waals surface area contributed by atoms with Crippen molar-refractivity contribution >= 4 is 23.0 Å². The Bertz CT molecular complexity index is 796. The zero-order valence-electron chi connectivity index (χ0n) is 14.0. The number of piperazine rings is 1. The number of carbonyl (C=O) groups excluding carboxylic acids is 1.